The Morgan fingerprint density at radius 1 is 0.914 bits per heavy atom. The molecule has 0 unspecified atom stereocenters. The van der Waals surface area contributed by atoms with Crippen LogP contribution >= 0.6 is 11.5 Å². The monoisotopic (exact) mass is 486 g/mol. The molecule has 0 radical (unpaired) electrons. The Morgan fingerprint density at radius 3 is 2.46 bits per heavy atom. The van der Waals surface area contributed by atoms with Crippen LogP contribution in [0.4, 0.5) is 5.13 Å². The second-order valence-corrected chi connectivity index (χ2v) is 9.01. The van der Waals surface area contributed by atoms with Crippen LogP contribution in [0.3, 0.4) is 0 Å². The molecule has 0 aliphatic carbocycles. The Morgan fingerprint density at radius 2 is 1.66 bits per heavy atom. The number of carbonyl (C=O) groups is 1. The summed E-state index contributed by atoms with van der Waals surface area (Å²) >= 11 is 1.38. The first kappa shape index (κ1) is 22.9. The van der Waals surface area contributed by atoms with Gasteiger partial charge in [-0.1, -0.05) is 66.7 Å². The standard InChI is InChI=1S/C27H26N4O3S/c32-26(28-17-22-11-12-23-24(15-22)34-19-33-23)13-14-31(18-21-9-5-2-6-10-21)27-29-25(30-35-27)16-20-7-3-1-4-8-20/h1-12,15H,13-14,16-19H2,(H,28,32). The van der Waals surface area contributed by atoms with Crippen molar-refractivity contribution in [3.05, 3.63) is 101 Å². The van der Waals surface area contributed by atoms with E-state index < -0.39 is 0 Å². The minimum atomic E-state index is -0.0187. The van der Waals surface area contributed by atoms with Gasteiger partial charge in [0.1, 0.15) is 5.82 Å². The summed E-state index contributed by atoms with van der Waals surface area (Å²) in [5, 5.41) is 3.83. The van der Waals surface area contributed by atoms with E-state index in [9.17, 15) is 4.79 Å². The first-order valence-corrected chi connectivity index (χ1v) is 12.3. The number of hydrogen-bond acceptors (Lipinski definition) is 7. The van der Waals surface area contributed by atoms with Crippen molar-refractivity contribution in [1.29, 1.82) is 0 Å². The van der Waals surface area contributed by atoms with E-state index in [4.69, 9.17) is 14.5 Å². The molecule has 0 saturated heterocycles. The van der Waals surface area contributed by atoms with Crippen LogP contribution in [-0.4, -0.2) is 28.6 Å². The molecule has 3 aromatic carbocycles. The summed E-state index contributed by atoms with van der Waals surface area (Å²) < 4.78 is 15.3. The van der Waals surface area contributed by atoms with Crippen molar-refractivity contribution in [2.75, 3.05) is 18.2 Å². The van der Waals surface area contributed by atoms with Gasteiger partial charge in [-0.25, -0.2) is 4.98 Å². The van der Waals surface area contributed by atoms with Crippen molar-refractivity contribution in [1.82, 2.24) is 14.7 Å². The molecule has 0 saturated carbocycles. The fourth-order valence-electron chi connectivity index (χ4n) is 3.85. The molecule has 2 heterocycles. The van der Waals surface area contributed by atoms with Gasteiger partial charge in [0.15, 0.2) is 11.5 Å². The topological polar surface area (TPSA) is 76.6 Å². The number of anilines is 1. The first-order chi connectivity index (χ1) is 17.2. The van der Waals surface area contributed by atoms with Crippen LogP contribution in [0.15, 0.2) is 78.9 Å². The third kappa shape index (κ3) is 6.16. The minimum absolute atomic E-state index is 0.0187. The Bertz CT molecular complexity index is 1260. The SMILES string of the molecule is O=C(CCN(Cc1ccccc1)c1nc(Cc2ccccc2)ns1)NCc1ccc2c(c1)OCO2. The summed E-state index contributed by atoms with van der Waals surface area (Å²) in [6.07, 6.45) is 1.04. The van der Waals surface area contributed by atoms with Crippen LogP contribution in [0, 0.1) is 0 Å². The summed E-state index contributed by atoms with van der Waals surface area (Å²) in [4.78, 5) is 19.6. The Labute approximate surface area is 208 Å². The molecule has 1 aliphatic rings. The number of aromatic nitrogens is 2. The quantitative estimate of drug-likeness (QED) is 0.354. The van der Waals surface area contributed by atoms with Crippen LogP contribution in [0.25, 0.3) is 0 Å². The molecule has 0 atom stereocenters. The maximum absolute atomic E-state index is 12.7. The maximum Gasteiger partial charge on any atom is 0.231 e. The molecular weight excluding hydrogens is 460 g/mol. The molecule has 0 fully saturated rings. The lowest BCUT2D eigenvalue weighted by Gasteiger charge is -2.21. The molecule has 1 N–H and O–H groups in total. The molecule has 4 aromatic rings. The van der Waals surface area contributed by atoms with Crippen molar-refractivity contribution < 1.29 is 14.3 Å². The number of ether oxygens (including phenoxy) is 2. The molecule has 1 amide bonds. The van der Waals surface area contributed by atoms with Gasteiger partial charge < -0.3 is 19.7 Å². The number of rotatable bonds is 10. The average molecular weight is 487 g/mol. The van der Waals surface area contributed by atoms with Crippen molar-refractivity contribution >= 4 is 22.6 Å². The number of amides is 1. The van der Waals surface area contributed by atoms with Gasteiger partial charge >= 0.3 is 0 Å². The van der Waals surface area contributed by atoms with Crippen molar-refractivity contribution in [3.8, 4) is 11.5 Å². The smallest absolute Gasteiger partial charge is 0.231 e. The molecule has 1 aromatic heterocycles. The summed E-state index contributed by atoms with van der Waals surface area (Å²) in [5.41, 5.74) is 3.31. The predicted molar refractivity (Wildman–Crippen MR) is 136 cm³/mol. The predicted octanol–water partition coefficient (Wildman–Crippen LogP) is 4.57. The highest BCUT2D eigenvalue weighted by Crippen LogP contribution is 2.32. The zero-order chi connectivity index (χ0) is 23.9. The molecule has 1 aliphatic heterocycles. The van der Waals surface area contributed by atoms with E-state index in [0.717, 1.165) is 27.8 Å². The van der Waals surface area contributed by atoms with Gasteiger partial charge in [-0.15, -0.1) is 0 Å². The van der Waals surface area contributed by atoms with Gasteiger partial charge in [-0.05, 0) is 28.8 Å². The molecule has 7 nitrogen and oxygen atoms in total. The first-order valence-electron chi connectivity index (χ1n) is 11.5. The van der Waals surface area contributed by atoms with Crippen LogP contribution in [0.2, 0.25) is 0 Å². The molecule has 5 rings (SSSR count). The molecule has 0 spiro atoms. The zero-order valence-corrected chi connectivity index (χ0v) is 20.0. The highest BCUT2D eigenvalue weighted by molar-refractivity contribution is 7.09. The van der Waals surface area contributed by atoms with Gasteiger partial charge in [0.25, 0.3) is 0 Å². The number of nitrogens with one attached hydrogen (secondary N) is 1. The van der Waals surface area contributed by atoms with E-state index in [2.05, 4.69) is 38.9 Å². The molecule has 35 heavy (non-hydrogen) atoms. The summed E-state index contributed by atoms with van der Waals surface area (Å²) in [7, 11) is 0. The van der Waals surface area contributed by atoms with Crippen LogP contribution in [-0.2, 0) is 24.3 Å². The lowest BCUT2D eigenvalue weighted by atomic mass is 10.1. The number of benzene rings is 3. The van der Waals surface area contributed by atoms with Gasteiger partial charge in [-0.2, -0.15) is 4.37 Å². The fourth-order valence-corrected chi connectivity index (χ4v) is 4.56. The van der Waals surface area contributed by atoms with Gasteiger partial charge in [0, 0.05) is 44.0 Å². The van der Waals surface area contributed by atoms with Crippen molar-refractivity contribution in [3.63, 3.8) is 0 Å². The molecule has 178 valence electrons. The lowest BCUT2D eigenvalue weighted by Crippen LogP contribution is -2.30. The van der Waals surface area contributed by atoms with E-state index >= 15 is 0 Å². The van der Waals surface area contributed by atoms with E-state index in [0.29, 0.717) is 38.2 Å². The number of nitrogens with zero attached hydrogens (tertiary/aromatic N) is 3. The molecule has 8 heteroatoms. The normalized spacial score (nSPS) is 11.9. The second-order valence-electron chi connectivity index (χ2n) is 8.28. The van der Waals surface area contributed by atoms with E-state index in [-0.39, 0.29) is 12.7 Å². The average Bonchev–Trinajstić information content (AvgIpc) is 3.56. The summed E-state index contributed by atoms with van der Waals surface area (Å²) in [6, 6.07) is 26.1. The Kier molecular flexibility index (Phi) is 7.19. The number of hydrogen-bond donors (Lipinski definition) is 1. The lowest BCUT2D eigenvalue weighted by molar-refractivity contribution is -0.121. The Hall–Kier alpha value is -3.91. The fraction of sp³-hybridized carbons (Fsp3) is 0.222. The van der Waals surface area contributed by atoms with Crippen LogP contribution in [0.5, 0.6) is 11.5 Å². The van der Waals surface area contributed by atoms with E-state index in [1.54, 1.807) is 0 Å². The van der Waals surface area contributed by atoms with E-state index in [1.807, 2.05) is 54.6 Å². The van der Waals surface area contributed by atoms with Gasteiger partial charge in [0.05, 0.1) is 0 Å². The Balaban J connectivity index is 1.21. The highest BCUT2D eigenvalue weighted by atomic mass is 32.1. The summed E-state index contributed by atoms with van der Waals surface area (Å²) in [6.45, 7) is 1.88. The minimum Gasteiger partial charge on any atom is -0.454 e. The number of fused-ring (bicyclic) bond motifs is 1. The third-order valence-electron chi connectivity index (χ3n) is 5.68. The van der Waals surface area contributed by atoms with Crippen LogP contribution in [0.1, 0.15) is 28.9 Å². The zero-order valence-electron chi connectivity index (χ0n) is 19.2. The molecular formula is C27H26N4O3S. The van der Waals surface area contributed by atoms with Crippen LogP contribution < -0.4 is 19.7 Å². The second kappa shape index (κ2) is 11.0. The van der Waals surface area contributed by atoms with Crippen molar-refractivity contribution in [2.24, 2.45) is 0 Å². The largest absolute Gasteiger partial charge is 0.454 e. The summed E-state index contributed by atoms with van der Waals surface area (Å²) in [5.74, 6) is 2.23. The third-order valence-corrected chi connectivity index (χ3v) is 6.50. The van der Waals surface area contributed by atoms with Crippen molar-refractivity contribution in [2.45, 2.75) is 25.9 Å². The van der Waals surface area contributed by atoms with Gasteiger partial charge in [-0.3, -0.25) is 4.79 Å². The highest BCUT2D eigenvalue weighted by Gasteiger charge is 2.16. The van der Waals surface area contributed by atoms with Gasteiger partial charge in [0.2, 0.25) is 17.8 Å². The molecule has 0 bridgehead atoms. The number of carbonyl (C=O) groups excluding carboxylic acids is 1. The maximum atomic E-state index is 12.7. The van der Waals surface area contributed by atoms with E-state index in [1.165, 1.54) is 17.1 Å².